The number of aromatic amines is 1. The SMILES string of the molecule is O=C(NC(Cc1ccc(-c2ccccc2)cc1Cl)CC(O)C(=O)O)c1nn(-c2ccccc2)c(=O)[nH]1. The van der Waals surface area contributed by atoms with Crippen LogP contribution in [0.4, 0.5) is 0 Å². The summed E-state index contributed by atoms with van der Waals surface area (Å²) in [6, 6.07) is 22.9. The number of carboxylic acid groups (broad SMARTS) is 1. The molecule has 1 heterocycles. The minimum absolute atomic E-state index is 0.146. The van der Waals surface area contributed by atoms with Gasteiger partial charge in [-0.25, -0.2) is 9.59 Å². The van der Waals surface area contributed by atoms with E-state index in [4.69, 9.17) is 11.6 Å². The number of carboxylic acids is 1. The summed E-state index contributed by atoms with van der Waals surface area (Å²) in [6.45, 7) is 0. The predicted molar refractivity (Wildman–Crippen MR) is 134 cm³/mol. The maximum Gasteiger partial charge on any atom is 0.348 e. The molecule has 1 aromatic heterocycles. The lowest BCUT2D eigenvalue weighted by molar-refractivity contribution is -0.147. The van der Waals surface area contributed by atoms with E-state index in [2.05, 4.69) is 15.4 Å². The number of halogens is 1. The molecule has 4 N–H and O–H groups in total. The number of aliphatic hydroxyl groups is 1. The molecule has 3 aromatic carbocycles. The Morgan fingerprint density at radius 1 is 1.00 bits per heavy atom. The maximum atomic E-state index is 12.9. The molecule has 4 aromatic rings. The highest BCUT2D eigenvalue weighted by molar-refractivity contribution is 6.31. The van der Waals surface area contributed by atoms with Crippen LogP contribution in [-0.2, 0) is 11.2 Å². The monoisotopic (exact) mass is 506 g/mol. The Balaban J connectivity index is 1.55. The molecular formula is C26H23ClN4O5. The maximum absolute atomic E-state index is 12.9. The zero-order chi connectivity index (χ0) is 25.7. The number of H-pyrrole nitrogens is 1. The fraction of sp³-hybridized carbons (Fsp3) is 0.154. The molecule has 1 amide bonds. The molecule has 4 rings (SSSR count). The van der Waals surface area contributed by atoms with Crippen molar-refractivity contribution < 1.29 is 19.8 Å². The third kappa shape index (κ3) is 5.88. The lowest BCUT2D eigenvalue weighted by Crippen LogP contribution is -2.41. The summed E-state index contributed by atoms with van der Waals surface area (Å²) in [4.78, 5) is 38.9. The quantitative estimate of drug-likeness (QED) is 0.275. The van der Waals surface area contributed by atoms with Gasteiger partial charge in [-0.15, -0.1) is 5.10 Å². The number of aliphatic carboxylic acids is 1. The van der Waals surface area contributed by atoms with E-state index in [0.717, 1.165) is 15.8 Å². The number of carbonyl (C=O) groups is 2. The summed E-state index contributed by atoms with van der Waals surface area (Å²) in [5.74, 6) is -2.38. The molecule has 0 spiro atoms. The van der Waals surface area contributed by atoms with Gasteiger partial charge in [-0.3, -0.25) is 9.78 Å². The molecular weight excluding hydrogens is 484 g/mol. The number of hydrogen-bond acceptors (Lipinski definition) is 5. The van der Waals surface area contributed by atoms with Gasteiger partial charge in [-0.1, -0.05) is 72.3 Å². The van der Waals surface area contributed by atoms with Crippen LogP contribution in [0, 0.1) is 0 Å². The van der Waals surface area contributed by atoms with E-state index in [0.29, 0.717) is 16.3 Å². The molecule has 0 aliphatic rings. The van der Waals surface area contributed by atoms with Crippen molar-refractivity contribution in [2.45, 2.75) is 25.0 Å². The van der Waals surface area contributed by atoms with Crippen LogP contribution in [0.15, 0.2) is 83.7 Å². The highest BCUT2D eigenvalue weighted by Gasteiger charge is 2.25. The van der Waals surface area contributed by atoms with Crippen LogP contribution in [-0.4, -0.2) is 49.0 Å². The van der Waals surface area contributed by atoms with Crippen LogP contribution in [0.1, 0.15) is 22.6 Å². The zero-order valence-electron chi connectivity index (χ0n) is 19.0. The third-order valence-electron chi connectivity index (χ3n) is 5.59. The minimum atomic E-state index is -1.71. The van der Waals surface area contributed by atoms with E-state index >= 15 is 0 Å². The molecule has 0 bridgehead atoms. The number of benzene rings is 3. The molecule has 0 saturated heterocycles. The lowest BCUT2D eigenvalue weighted by Gasteiger charge is -2.20. The molecule has 184 valence electrons. The number of hydrogen-bond donors (Lipinski definition) is 4. The van der Waals surface area contributed by atoms with Gasteiger partial charge in [0.25, 0.3) is 5.91 Å². The van der Waals surface area contributed by atoms with Crippen LogP contribution in [0.2, 0.25) is 5.02 Å². The van der Waals surface area contributed by atoms with Gasteiger partial charge >= 0.3 is 11.7 Å². The van der Waals surface area contributed by atoms with Gasteiger partial charge in [0.1, 0.15) is 0 Å². The van der Waals surface area contributed by atoms with Crippen molar-refractivity contribution in [3.63, 3.8) is 0 Å². The van der Waals surface area contributed by atoms with E-state index in [1.807, 2.05) is 36.4 Å². The van der Waals surface area contributed by atoms with Crippen LogP contribution >= 0.6 is 11.6 Å². The Labute approximate surface area is 211 Å². The van der Waals surface area contributed by atoms with Crippen molar-refractivity contribution in [3.05, 3.63) is 106 Å². The summed E-state index contributed by atoms with van der Waals surface area (Å²) in [5, 5.41) is 26.3. The minimum Gasteiger partial charge on any atom is -0.479 e. The molecule has 0 radical (unpaired) electrons. The van der Waals surface area contributed by atoms with Gasteiger partial charge in [0, 0.05) is 17.5 Å². The number of rotatable bonds is 9. The average molecular weight is 507 g/mol. The lowest BCUT2D eigenvalue weighted by atomic mass is 9.97. The first kappa shape index (κ1) is 24.9. The molecule has 0 aliphatic carbocycles. The number of para-hydroxylation sites is 1. The van der Waals surface area contributed by atoms with Crippen LogP contribution in [0.25, 0.3) is 16.8 Å². The number of nitrogens with one attached hydrogen (secondary N) is 2. The second kappa shape index (κ2) is 11.0. The first-order chi connectivity index (χ1) is 17.3. The normalized spacial score (nSPS) is 12.6. The Morgan fingerprint density at radius 2 is 1.67 bits per heavy atom. The molecule has 9 nitrogen and oxygen atoms in total. The summed E-state index contributed by atoms with van der Waals surface area (Å²) < 4.78 is 1.05. The number of aliphatic hydroxyl groups excluding tert-OH is 1. The van der Waals surface area contributed by atoms with Crippen LogP contribution in [0.5, 0.6) is 0 Å². The van der Waals surface area contributed by atoms with Crippen molar-refractivity contribution in [1.82, 2.24) is 20.1 Å². The van der Waals surface area contributed by atoms with Gasteiger partial charge in [-0.05, 0) is 41.3 Å². The van der Waals surface area contributed by atoms with E-state index in [1.165, 1.54) is 0 Å². The first-order valence-corrected chi connectivity index (χ1v) is 11.5. The highest BCUT2D eigenvalue weighted by Crippen LogP contribution is 2.27. The van der Waals surface area contributed by atoms with E-state index < -0.39 is 29.7 Å². The van der Waals surface area contributed by atoms with Crippen molar-refractivity contribution in [2.24, 2.45) is 0 Å². The van der Waals surface area contributed by atoms with Crippen LogP contribution < -0.4 is 11.0 Å². The summed E-state index contributed by atoms with van der Waals surface area (Å²) in [7, 11) is 0. The van der Waals surface area contributed by atoms with Crippen molar-refractivity contribution >= 4 is 23.5 Å². The third-order valence-corrected chi connectivity index (χ3v) is 5.94. The summed E-state index contributed by atoms with van der Waals surface area (Å²) in [5.41, 5.74) is 2.41. The van der Waals surface area contributed by atoms with Crippen molar-refractivity contribution in [1.29, 1.82) is 0 Å². The second-order valence-electron chi connectivity index (χ2n) is 8.16. The largest absolute Gasteiger partial charge is 0.479 e. The smallest absolute Gasteiger partial charge is 0.348 e. The Bertz CT molecular complexity index is 1420. The number of amides is 1. The standard InChI is InChI=1S/C26H23ClN4O5/c27-21-14-17(16-7-3-1-4-8-16)11-12-18(21)13-19(15-22(32)25(34)35)28-24(33)23-29-26(36)31(30-23)20-9-5-2-6-10-20/h1-12,14,19,22,32H,13,15H2,(H,28,33)(H,34,35)(H,29,30,36). The first-order valence-electron chi connectivity index (χ1n) is 11.1. The summed E-state index contributed by atoms with van der Waals surface area (Å²) >= 11 is 6.51. The summed E-state index contributed by atoms with van der Waals surface area (Å²) in [6.07, 6.45) is -1.84. The predicted octanol–water partition coefficient (Wildman–Crippen LogP) is 3.06. The fourth-order valence-electron chi connectivity index (χ4n) is 3.78. The highest BCUT2D eigenvalue weighted by atomic mass is 35.5. The average Bonchev–Trinajstić information content (AvgIpc) is 3.28. The number of carbonyl (C=O) groups excluding carboxylic acids is 1. The molecule has 0 saturated carbocycles. The second-order valence-corrected chi connectivity index (χ2v) is 8.57. The molecule has 0 aliphatic heterocycles. The van der Waals surface area contributed by atoms with Gasteiger partial charge in [-0.2, -0.15) is 4.68 Å². The van der Waals surface area contributed by atoms with Gasteiger partial charge in [0.15, 0.2) is 6.10 Å². The Morgan fingerprint density at radius 3 is 2.31 bits per heavy atom. The topological polar surface area (TPSA) is 137 Å². The zero-order valence-corrected chi connectivity index (χ0v) is 19.7. The van der Waals surface area contributed by atoms with Crippen molar-refractivity contribution in [2.75, 3.05) is 0 Å². The Hall–Kier alpha value is -4.21. The van der Waals surface area contributed by atoms with Gasteiger partial charge < -0.3 is 15.5 Å². The molecule has 2 atom stereocenters. The number of aromatic nitrogens is 3. The number of nitrogens with zero attached hydrogens (tertiary/aromatic N) is 2. The van der Waals surface area contributed by atoms with Gasteiger partial charge in [0.2, 0.25) is 5.82 Å². The fourth-order valence-corrected chi connectivity index (χ4v) is 4.03. The van der Waals surface area contributed by atoms with E-state index in [1.54, 1.807) is 42.5 Å². The molecule has 10 heteroatoms. The Kier molecular flexibility index (Phi) is 7.62. The van der Waals surface area contributed by atoms with Crippen LogP contribution in [0.3, 0.4) is 0 Å². The van der Waals surface area contributed by atoms with E-state index in [9.17, 15) is 24.6 Å². The van der Waals surface area contributed by atoms with Gasteiger partial charge in [0.05, 0.1) is 5.69 Å². The van der Waals surface area contributed by atoms with E-state index in [-0.39, 0.29) is 18.7 Å². The van der Waals surface area contributed by atoms with Crippen molar-refractivity contribution in [3.8, 4) is 16.8 Å². The molecule has 36 heavy (non-hydrogen) atoms. The molecule has 2 unspecified atom stereocenters. The molecule has 0 fully saturated rings.